The Labute approximate surface area is 164 Å². The van der Waals surface area contributed by atoms with Crippen molar-refractivity contribution in [3.05, 3.63) is 48.0 Å². The summed E-state index contributed by atoms with van der Waals surface area (Å²) >= 11 is 0. The number of hydrogen-bond acceptors (Lipinski definition) is 4. The van der Waals surface area contributed by atoms with E-state index in [9.17, 15) is 14.4 Å². The van der Waals surface area contributed by atoms with Gasteiger partial charge in [0.1, 0.15) is 6.54 Å². The van der Waals surface area contributed by atoms with Gasteiger partial charge in [0, 0.05) is 32.7 Å². The molecule has 5 rings (SSSR count). The SMILES string of the molecule is O=C(CN1C(=O)[C@@H]2[C@@H](C1=O)[C@H]1C=C[C@H]2C1)N1CCN(Cc2ccccc2)CC1. The molecule has 2 saturated heterocycles. The Balaban J connectivity index is 1.16. The van der Waals surface area contributed by atoms with Gasteiger partial charge in [0.25, 0.3) is 0 Å². The third-order valence-corrected chi connectivity index (χ3v) is 6.83. The summed E-state index contributed by atoms with van der Waals surface area (Å²) in [6.07, 6.45) is 5.07. The molecule has 4 atom stereocenters. The van der Waals surface area contributed by atoms with Crippen LogP contribution in [-0.2, 0) is 20.9 Å². The van der Waals surface area contributed by atoms with Gasteiger partial charge in [0.2, 0.25) is 17.7 Å². The van der Waals surface area contributed by atoms with Crippen molar-refractivity contribution < 1.29 is 14.4 Å². The summed E-state index contributed by atoms with van der Waals surface area (Å²) in [5.41, 5.74) is 1.27. The van der Waals surface area contributed by atoms with E-state index in [2.05, 4.69) is 29.2 Å². The molecule has 2 aliphatic heterocycles. The molecule has 0 unspecified atom stereocenters. The number of fused-ring (bicyclic) bond motifs is 5. The quantitative estimate of drug-likeness (QED) is 0.581. The molecule has 3 amide bonds. The zero-order valence-electron chi connectivity index (χ0n) is 15.9. The normalized spacial score (nSPS) is 31.7. The summed E-state index contributed by atoms with van der Waals surface area (Å²) in [6, 6.07) is 10.3. The lowest BCUT2D eigenvalue weighted by molar-refractivity contribution is -0.147. The molecule has 1 aromatic carbocycles. The molecule has 28 heavy (non-hydrogen) atoms. The van der Waals surface area contributed by atoms with Gasteiger partial charge in [0.15, 0.2) is 0 Å². The largest absolute Gasteiger partial charge is 0.339 e. The van der Waals surface area contributed by atoms with Gasteiger partial charge in [-0.05, 0) is 23.8 Å². The minimum absolute atomic E-state index is 0.0945. The number of hydrogen-bond donors (Lipinski definition) is 0. The summed E-state index contributed by atoms with van der Waals surface area (Å²) in [7, 11) is 0. The number of likely N-dealkylation sites (tertiary alicyclic amines) is 1. The first-order valence-corrected chi connectivity index (χ1v) is 10.2. The smallest absolute Gasteiger partial charge is 0.242 e. The fourth-order valence-electron chi connectivity index (χ4n) is 5.35. The third-order valence-electron chi connectivity index (χ3n) is 6.83. The predicted molar refractivity (Wildman–Crippen MR) is 103 cm³/mol. The monoisotopic (exact) mass is 379 g/mol. The first-order chi connectivity index (χ1) is 13.6. The van der Waals surface area contributed by atoms with Crippen LogP contribution in [0.3, 0.4) is 0 Å². The van der Waals surface area contributed by atoms with Crippen molar-refractivity contribution in [3.8, 4) is 0 Å². The average Bonchev–Trinajstić information content (AvgIpc) is 3.39. The fourth-order valence-corrected chi connectivity index (χ4v) is 5.35. The van der Waals surface area contributed by atoms with Gasteiger partial charge < -0.3 is 4.90 Å². The van der Waals surface area contributed by atoms with Crippen LogP contribution in [0, 0.1) is 23.7 Å². The number of nitrogens with zero attached hydrogens (tertiary/aromatic N) is 3. The van der Waals surface area contributed by atoms with Crippen LogP contribution in [0.15, 0.2) is 42.5 Å². The molecule has 1 aromatic rings. The van der Waals surface area contributed by atoms with E-state index in [0.717, 1.165) is 26.1 Å². The first kappa shape index (κ1) is 17.6. The van der Waals surface area contributed by atoms with E-state index in [4.69, 9.17) is 0 Å². The molecular formula is C22H25N3O3. The van der Waals surface area contributed by atoms with Crippen LogP contribution in [0.25, 0.3) is 0 Å². The number of carbonyl (C=O) groups excluding carboxylic acids is 3. The van der Waals surface area contributed by atoms with Crippen LogP contribution in [0.1, 0.15) is 12.0 Å². The number of carbonyl (C=O) groups is 3. The van der Waals surface area contributed by atoms with Gasteiger partial charge in [0.05, 0.1) is 11.8 Å². The van der Waals surface area contributed by atoms with Crippen molar-refractivity contribution >= 4 is 17.7 Å². The Morgan fingerprint density at radius 1 is 0.893 bits per heavy atom. The van der Waals surface area contributed by atoms with E-state index in [-0.39, 0.29) is 47.9 Å². The Kier molecular flexibility index (Phi) is 4.31. The molecule has 146 valence electrons. The van der Waals surface area contributed by atoms with E-state index in [0.29, 0.717) is 13.1 Å². The van der Waals surface area contributed by atoms with Gasteiger partial charge >= 0.3 is 0 Å². The average molecular weight is 379 g/mol. The van der Waals surface area contributed by atoms with Crippen LogP contribution in [0.5, 0.6) is 0 Å². The molecule has 1 saturated carbocycles. The van der Waals surface area contributed by atoms with Crippen molar-refractivity contribution in [2.45, 2.75) is 13.0 Å². The maximum absolute atomic E-state index is 12.8. The molecule has 6 heteroatoms. The summed E-state index contributed by atoms with van der Waals surface area (Å²) in [4.78, 5) is 43.6. The highest BCUT2D eigenvalue weighted by molar-refractivity contribution is 6.08. The van der Waals surface area contributed by atoms with E-state index in [1.165, 1.54) is 10.5 Å². The molecule has 0 spiro atoms. The second-order valence-electron chi connectivity index (χ2n) is 8.41. The topological polar surface area (TPSA) is 60.9 Å². The standard InChI is InChI=1S/C22H25N3O3/c26-18(24-10-8-23(9-11-24)13-15-4-2-1-3-5-15)14-25-21(27)19-16-6-7-17(12-16)20(19)22(25)28/h1-7,16-17,19-20H,8-14H2/t16-,17-,19-,20-/m0/s1. The second-order valence-corrected chi connectivity index (χ2v) is 8.41. The zero-order valence-corrected chi connectivity index (χ0v) is 15.9. The molecule has 2 bridgehead atoms. The number of amides is 3. The maximum Gasteiger partial charge on any atom is 0.242 e. The molecule has 0 N–H and O–H groups in total. The maximum atomic E-state index is 12.8. The van der Waals surface area contributed by atoms with E-state index < -0.39 is 0 Å². The fraction of sp³-hybridized carbons (Fsp3) is 0.500. The van der Waals surface area contributed by atoms with Crippen molar-refractivity contribution in [1.82, 2.24) is 14.7 Å². The van der Waals surface area contributed by atoms with Gasteiger partial charge in [-0.25, -0.2) is 0 Å². The summed E-state index contributed by atoms with van der Waals surface area (Å²) in [6.45, 7) is 3.68. The molecule has 4 aliphatic rings. The second kappa shape index (κ2) is 6.85. The summed E-state index contributed by atoms with van der Waals surface area (Å²) in [5, 5.41) is 0. The number of allylic oxidation sites excluding steroid dienone is 2. The Hall–Kier alpha value is -2.47. The van der Waals surface area contributed by atoms with Crippen molar-refractivity contribution in [2.75, 3.05) is 32.7 Å². The van der Waals surface area contributed by atoms with E-state index in [1.54, 1.807) is 4.90 Å². The number of imide groups is 1. The van der Waals surface area contributed by atoms with Crippen molar-refractivity contribution in [2.24, 2.45) is 23.7 Å². The van der Waals surface area contributed by atoms with Gasteiger partial charge in [-0.2, -0.15) is 0 Å². The number of benzene rings is 1. The lowest BCUT2D eigenvalue weighted by atomic mass is 9.85. The molecule has 6 nitrogen and oxygen atoms in total. The van der Waals surface area contributed by atoms with Crippen LogP contribution in [0.4, 0.5) is 0 Å². The Morgan fingerprint density at radius 3 is 2.11 bits per heavy atom. The van der Waals surface area contributed by atoms with Crippen molar-refractivity contribution in [1.29, 1.82) is 0 Å². The van der Waals surface area contributed by atoms with Crippen LogP contribution < -0.4 is 0 Å². The zero-order chi connectivity index (χ0) is 19.3. The predicted octanol–water partition coefficient (Wildman–Crippen LogP) is 1.14. The lowest BCUT2D eigenvalue weighted by Crippen LogP contribution is -2.51. The summed E-state index contributed by atoms with van der Waals surface area (Å²) < 4.78 is 0. The van der Waals surface area contributed by atoms with Crippen molar-refractivity contribution in [3.63, 3.8) is 0 Å². The molecule has 0 aromatic heterocycles. The molecule has 2 heterocycles. The van der Waals surface area contributed by atoms with Gasteiger partial charge in [-0.1, -0.05) is 42.5 Å². The highest BCUT2D eigenvalue weighted by Crippen LogP contribution is 2.52. The van der Waals surface area contributed by atoms with Crippen LogP contribution in [-0.4, -0.2) is 65.1 Å². The van der Waals surface area contributed by atoms with E-state index in [1.807, 2.05) is 18.2 Å². The lowest BCUT2D eigenvalue weighted by Gasteiger charge is -2.35. The van der Waals surface area contributed by atoms with E-state index >= 15 is 0 Å². The first-order valence-electron chi connectivity index (χ1n) is 10.2. The third kappa shape index (κ3) is 2.87. The Morgan fingerprint density at radius 2 is 1.50 bits per heavy atom. The minimum atomic E-state index is -0.224. The molecule has 0 radical (unpaired) electrons. The minimum Gasteiger partial charge on any atom is -0.339 e. The molecular weight excluding hydrogens is 354 g/mol. The van der Waals surface area contributed by atoms with Crippen LogP contribution >= 0.6 is 0 Å². The number of piperazine rings is 1. The Bertz CT molecular complexity index is 799. The van der Waals surface area contributed by atoms with Gasteiger partial charge in [-0.3, -0.25) is 24.2 Å². The number of rotatable bonds is 4. The molecule has 2 aliphatic carbocycles. The van der Waals surface area contributed by atoms with Gasteiger partial charge in [-0.15, -0.1) is 0 Å². The highest BCUT2D eigenvalue weighted by Gasteiger charge is 2.59. The van der Waals surface area contributed by atoms with Crippen LogP contribution in [0.2, 0.25) is 0 Å². The summed E-state index contributed by atoms with van der Waals surface area (Å²) in [5.74, 6) is -0.454. The highest BCUT2D eigenvalue weighted by atomic mass is 16.2. The molecule has 3 fully saturated rings.